The summed E-state index contributed by atoms with van der Waals surface area (Å²) < 4.78 is 14.3. The maximum absolute atomic E-state index is 13.3. The van der Waals surface area contributed by atoms with Gasteiger partial charge in [-0.15, -0.1) is 0 Å². The Kier molecular flexibility index (Phi) is 3.91. The van der Waals surface area contributed by atoms with Gasteiger partial charge >= 0.3 is 0 Å². The highest BCUT2D eigenvalue weighted by Gasteiger charge is 2.09. The molecular weight excluding hydrogens is 231 g/mol. The SMILES string of the molecule is CCCC(C)c1cc(Br)ccc1F. The van der Waals surface area contributed by atoms with Crippen molar-refractivity contribution in [3.63, 3.8) is 0 Å². The van der Waals surface area contributed by atoms with Gasteiger partial charge < -0.3 is 0 Å². The molecule has 0 saturated heterocycles. The highest BCUT2D eigenvalue weighted by atomic mass is 79.9. The lowest BCUT2D eigenvalue weighted by atomic mass is 9.96. The Bertz CT molecular complexity index is 283. The third kappa shape index (κ3) is 2.80. The Morgan fingerprint density at radius 3 is 2.77 bits per heavy atom. The predicted octanol–water partition coefficient (Wildman–Crippen LogP) is 4.49. The summed E-state index contributed by atoms with van der Waals surface area (Å²) in [5.41, 5.74) is 0.816. The van der Waals surface area contributed by atoms with E-state index < -0.39 is 0 Å². The Morgan fingerprint density at radius 1 is 1.46 bits per heavy atom. The van der Waals surface area contributed by atoms with Crippen LogP contribution in [-0.2, 0) is 0 Å². The van der Waals surface area contributed by atoms with Gasteiger partial charge in [0.05, 0.1) is 0 Å². The second-order valence-electron chi connectivity index (χ2n) is 3.36. The molecular formula is C11H14BrF. The van der Waals surface area contributed by atoms with Crippen LogP contribution in [0.3, 0.4) is 0 Å². The Hall–Kier alpha value is -0.370. The first-order chi connectivity index (χ1) is 6.15. The zero-order valence-electron chi connectivity index (χ0n) is 7.98. The highest BCUT2D eigenvalue weighted by molar-refractivity contribution is 9.10. The molecule has 0 radical (unpaired) electrons. The van der Waals surface area contributed by atoms with Crippen molar-refractivity contribution in [2.45, 2.75) is 32.6 Å². The summed E-state index contributed by atoms with van der Waals surface area (Å²) in [6.07, 6.45) is 2.13. The van der Waals surface area contributed by atoms with Gasteiger partial charge in [0.25, 0.3) is 0 Å². The number of hydrogen-bond acceptors (Lipinski definition) is 0. The summed E-state index contributed by atoms with van der Waals surface area (Å²) >= 11 is 3.35. The lowest BCUT2D eigenvalue weighted by Gasteiger charge is -2.11. The van der Waals surface area contributed by atoms with Crippen molar-refractivity contribution in [1.29, 1.82) is 0 Å². The topological polar surface area (TPSA) is 0 Å². The van der Waals surface area contributed by atoms with E-state index in [0.29, 0.717) is 5.92 Å². The van der Waals surface area contributed by atoms with Crippen LogP contribution >= 0.6 is 15.9 Å². The molecule has 1 unspecified atom stereocenters. The third-order valence-corrected chi connectivity index (χ3v) is 2.70. The lowest BCUT2D eigenvalue weighted by molar-refractivity contribution is 0.570. The van der Waals surface area contributed by atoms with E-state index in [0.717, 1.165) is 22.9 Å². The van der Waals surface area contributed by atoms with Crippen molar-refractivity contribution >= 4 is 15.9 Å². The summed E-state index contributed by atoms with van der Waals surface area (Å²) in [5, 5.41) is 0. The second-order valence-corrected chi connectivity index (χ2v) is 4.27. The molecule has 0 spiro atoms. The molecule has 0 fully saturated rings. The maximum atomic E-state index is 13.3. The van der Waals surface area contributed by atoms with Gasteiger partial charge in [-0.1, -0.05) is 36.2 Å². The van der Waals surface area contributed by atoms with Crippen LogP contribution in [0.25, 0.3) is 0 Å². The zero-order chi connectivity index (χ0) is 9.84. The van der Waals surface area contributed by atoms with Crippen molar-refractivity contribution in [1.82, 2.24) is 0 Å². The number of hydrogen-bond donors (Lipinski definition) is 0. The zero-order valence-corrected chi connectivity index (χ0v) is 9.57. The van der Waals surface area contributed by atoms with E-state index in [4.69, 9.17) is 0 Å². The minimum Gasteiger partial charge on any atom is -0.207 e. The number of rotatable bonds is 3. The van der Waals surface area contributed by atoms with Crippen LogP contribution in [0.2, 0.25) is 0 Å². The molecule has 0 aliphatic heterocycles. The fourth-order valence-electron chi connectivity index (χ4n) is 1.48. The third-order valence-electron chi connectivity index (χ3n) is 2.21. The van der Waals surface area contributed by atoms with E-state index in [-0.39, 0.29) is 5.82 Å². The lowest BCUT2D eigenvalue weighted by Crippen LogP contribution is -1.96. The van der Waals surface area contributed by atoms with Crippen molar-refractivity contribution in [2.24, 2.45) is 0 Å². The molecule has 13 heavy (non-hydrogen) atoms. The molecule has 2 heteroatoms. The van der Waals surface area contributed by atoms with Crippen molar-refractivity contribution in [3.8, 4) is 0 Å². The Labute approximate surface area is 87.3 Å². The van der Waals surface area contributed by atoms with Gasteiger partial charge in [-0.25, -0.2) is 4.39 Å². The second kappa shape index (κ2) is 4.75. The molecule has 72 valence electrons. The molecule has 1 atom stereocenters. The molecule has 0 aromatic heterocycles. The Balaban J connectivity index is 2.91. The molecule has 0 bridgehead atoms. The molecule has 0 aliphatic rings. The first-order valence-electron chi connectivity index (χ1n) is 4.60. The van der Waals surface area contributed by atoms with Crippen LogP contribution in [0.4, 0.5) is 4.39 Å². The van der Waals surface area contributed by atoms with Crippen LogP contribution in [0, 0.1) is 5.82 Å². The molecule has 1 rings (SSSR count). The van der Waals surface area contributed by atoms with Gasteiger partial charge in [-0.3, -0.25) is 0 Å². The van der Waals surface area contributed by atoms with Gasteiger partial charge in [-0.05, 0) is 36.1 Å². The van der Waals surface area contributed by atoms with Crippen LogP contribution in [0.1, 0.15) is 38.2 Å². The van der Waals surface area contributed by atoms with Crippen molar-refractivity contribution < 1.29 is 4.39 Å². The smallest absolute Gasteiger partial charge is 0.126 e. The van der Waals surface area contributed by atoms with Gasteiger partial charge in [0.1, 0.15) is 5.82 Å². The first kappa shape index (κ1) is 10.7. The quantitative estimate of drug-likeness (QED) is 0.735. The number of benzene rings is 1. The van der Waals surface area contributed by atoms with E-state index in [1.807, 2.05) is 6.07 Å². The van der Waals surface area contributed by atoms with Crippen LogP contribution in [0.5, 0.6) is 0 Å². The summed E-state index contributed by atoms with van der Waals surface area (Å²) in [6.45, 7) is 4.18. The standard InChI is InChI=1S/C11H14BrF/c1-3-4-8(2)10-7-9(12)5-6-11(10)13/h5-8H,3-4H2,1-2H3. The Morgan fingerprint density at radius 2 is 2.15 bits per heavy atom. The highest BCUT2D eigenvalue weighted by Crippen LogP contribution is 2.26. The van der Waals surface area contributed by atoms with Gasteiger partial charge in [0.2, 0.25) is 0 Å². The molecule has 0 N–H and O–H groups in total. The summed E-state index contributed by atoms with van der Waals surface area (Å²) in [6, 6.07) is 5.12. The van der Waals surface area contributed by atoms with Gasteiger partial charge in [0, 0.05) is 4.47 Å². The molecule has 0 nitrogen and oxygen atoms in total. The van der Waals surface area contributed by atoms with Crippen LogP contribution in [-0.4, -0.2) is 0 Å². The maximum Gasteiger partial charge on any atom is 0.126 e. The van der Waals surface area contributed by atoms with E-state index in [9.17, 15) is 4.39 Å². The molecule has 0 saturated carbocycles. The molecule has 1 aromatic rings. The molecule has 0 amide bonds. The minimum atomic E-state index is -0.0934. The fourth-order valence-corrected chi connectivity index (χ4v) is 1.86. The molecule has 1 aromatic carbocycles. The summed E-state index contributed by atoms with van der Waals surface area (Å²) in [5.74, 6) is 0.214. The number of halogens is 2. The minimum absolute atomic E-state index is 0.0934. The van der Waals surface area contributed by atoms with E-state index in [1.165, 1.54) is 6.07 Å². The monoisotopic (exact) mass is 244 g/mol. The average Bonchev–Trinajstić information content (AvgIpc) is 2.09. The van der Waals surface area contributed by atoms with Crippen molar-refractivity contribution in [3.05, 3.63) is 34.1 Å². The fraction of sp³-hybridized carbons (Fsp3) is 0.455. The van der Waals surface area contributed by atoms with Crippen LogP contribution < -0.4 is 0 Å². The van der Waals surface area contributed by atoms with Crippen molar-refractivity contribution in [2.75, 3.05) is 0 Å². The molecule has 0 aliphatic carbocycles. The largest absolute Gasteiger partial charge is 0.207 e. The molecule has 0 heterocycles. The normalized spacial score (nSPS) is 12.9. The average molecular weight is 245 g/mol. The van der Waals surface area contributed by atoms with Crippen LogP contribution in [0.15, 0.2) is 22.7 Å². The predicted molar refractivity (Wildman–Crippen MR) is 57.4 cm³/mol. The van der Waals surface area contributed by atoms with Gasteiger partial charge in [0.15, 0.2) is 0 Å². The van der Waals surface area contributed by atoms with E-state index in [1.54, 1.807) is 6.07 Å². The first-order valence-corrected chi connectivity index (χ1v) is 5.39. The van der Waals surface area contributed by atoms with Gasteiger partial charge in [-0.2, -0.15) is 0 Å². The summed E-state index contributed by atoms with van der Waals surface area (Å²) in [7, 11) is 0. The van der Waals surface area contributed by atoms with E-state index >= 15 is 0 Å². The summed E-state index contributed by atoms with van der Waals surface area (Å²) in [4.78, 5) is 0. The van der Waals surface area contributed by atoms with E-state index in [2.05, 4.69) is 29.8 Å².